The molecule has 16 nitrogen and oxygen atoms in total. The number of aromatic nitrogens is 5. The van der Waals surface area contributed by atoms with Crippen LogP contribution in [-0.4, -0.2) is 119 Å². The highest BCUT2D eigenvalue weighted by Crippen LogP contribution is 2.23. The smallest absolute Gasteiger partial charge is 0.328 e. The molecule has 4 heterocycles. The van der Waals surface area contributed by atoms with Crippen LogP contribution in [0.1, 0.15) is 29.8 Å². The predicted octanol–water partition coefficient (Wildman–Crippen LogP) is 4.75. The number of amides is 1. The maximum Gasteiger partial charge on any atom is 0.328 e. The summed E-state index contributed by atoms with van der Waals surface area (Å²) < 4.78 is 16.1. The number of imidazole rings is 1. The number of likely N-dealkylation sites (N-methyl/N-ethyl adjacent to an activating group) is 1. The molecule has 3 aromatic carbocycles. The van der Waals surface area contributed by atoms with Crippen LogP contribution in [0, 0.1) is 6.57 Å². The molecular formula is C41H47N11O5. The molecule has 0 radical (unpaired) electrons. The number of nitrogens with one attached hydrogen (secondary N) is 3. The molecule has 16 heteroatoms. The number of anilines is 4. The predicted molar refractivity (Wildman–Crippen MR) is 216 cm³/mol. The average molecular weight is 774 g/mol. The highest BCUT2D eigenvalue weighted by molar-refractivity contribution is 5.81. The van der Waals surface area contributed by atoms with Crippen molar-refractivity contribution in [2.24, 2.45) is 0 Å². The summed E-state index contributed by atoms with van der Waals surface area (Å²) in [7, 11) is 4.86. The summed E-state index contributed by atoms with van der Waals surface area (Å²) in [6.45, 7) is 12.1. The van der Waals surface area contributed by atoms with Crippen LogP contribution in [0.4, 0.5) is 29.2 Å². The Morgan fingerprint density at radius 3 is 2.54 bits per heavy atom. The first-order valence-corrected chi connectivity index (χ1v) is 19.1. The Balaban J connectivity index is 1.08. The minimum absolute atomic E-state index is 0.110. The fourth-order valence-electron chi connectivity index (χ4n) is 6.99. The molecule has 0 saturated carbocycles. The van der Waals surface area contributed by atoms with Gasteiger partial charge < -0.3 is 39.6 Å². The lowest BCUT2D eigenvalue weighted by molar-refractivity contribution is -0.143. The van der Waals surface area contributed by atoms with E-state index in [-0.39, 0.29) is 30.3 Å². The minimum Gasteiger partial charge on any atom is -0.497 e. The number of nitrogens with zero attached hydrogens (tertiary/aromatic N) is 8. The molecule has 2 aromatic heterocycles. The Morgan fingerprint density at radius 2 is 1.81 bits per heavy atom. The Morgan fingerprint density at radius 1 is 1.00 bits per heavy atom. The van der Waals surface area contributed by atoms with Crippen LogP contribution in [0.15, 0.2) is 66.7 Å². The number of piperazine rings is 1. The number of H-pyrrole nitrogens is 1. The van der Waals surface area contributed by atoms with Crippen molar-refractivity contribution in [1.82, 2.24) is 34.7 Å². The minimum atomic E-state index is -0.820. The second-order valence-electron chi connectivity index (χ2n) is 14.2. The van der Waals surface area contributed by atoms with Gasteiger partial charge in [-0.15, -0.1) is 0 Å². The molecule has 57 heavy (non-hydrogen) atoms. The molecule has 0 spiro atoms. The normalized spacial score (nSPS) is 16.2. The van der Waals surface area contributed by atoms with Gasteiger partial charge in [-0.05, 0) is 48.2 Å². The molecule has 2 fully saturated rings. The van der Waals surface area contributed by atoms with E-state index in [1.807, 2.05) is 59.3 Å². The summed E-state index contributed by atoms with van der Waals surface area (Å²) in [4.78, 5) is 57.9. The number of ether oxygens (including phenoxy) is 3. The van der Waals surface area contributed by atoms with Crippen molar-refractivity contribution in [2.75, 3.05) is 76.1 Å². The third-order valence-corrected chi connectivity index (χ3v) is 10.2. The summed E-state index contributed by atoms with van der Waals surface area (Å²) in [5, 5.41) is 6.55. The number of methoxy groups -OCH3 is 2. The lowest BCUT2D eigenvalue weighted by Gasteiger charge is -2.35. The molecule has 0 aliphatic carbocycles. The van der Waals surface area contributed by atoms with Crippen molar-refractivity contribution in [3.63, 3.8) is 0 Å². The van der Waals surface area contributed by atoms with Crippen LogP contribution in [0.3, 0.4) is 0 Å². The third-order valence-electron chi connectivity index (χ3n) is 10.2. The molecule has 2 aliphatic rings. The van der Waals surface area contributed by atoms with Crippen molar-refractivity contribution in [1.29, 1.82) is 0 Å². The van der Waals surface area contributed by atoms with Crippen LogP contribution >= 0.6 is 0 Å². The van der Waals surface area contributed by atoms with Crippen molar-refractivity contribution in [2.45, 2.75) is 44.4 Å². The van der Waals surface area contributed by atoms with Gasteiger partial charge in [0.1, 0.15) is 23.7 Å². The van der Waals surface area contributed by atoms with Gasteiger partial charge in [-0.3, -0.25) is 9.69 Å². The van der Waals surface area contributed by atoms with Gasteiger partial charge >= 0.3 is 5.97 Å². The van der Waals surface area contributed by atoms with Crippen LogP contribution in [-0.2, 0) is 38.4 Å². The highest BCUT2D eigenvalue weighted by atomic mass is 16.5. The number of fused-ring (bicyclic) bond motifs is 1. The van der Waals surface area contributed by atoms with E-state index in [1.165, 1.54) is 7.11 Å². The third kappa shape index (κ3) is 9.93. The summed E-state index contributed by atoms with van der Waals surface area (Å²) in [5.41, 5.74) is 4.97. The van der Waals surface area contributed by atoms with Crippen molar-refractivity contribution in [3.05, 3.63) is 95.1 Å². The van der Waals surface area contributed by atoms with E-state index in [1.54, 1.807) is 19.2 Å². The van der Waals surface area contributed by atoms with Gasteiger partial charge in [0.05, 0.1) is 31.8 Å². The first kappa shape index (κ1) is 38.9. The molecule has 2 aliphatic heterocycles. The molecule has 296 valence electrons. The van der Waals surface area contributed by atoms with Crippen molar-refractivity contribution >= 4 is 52.1 Å². The Hall–Kier alpha value is -6.31. The second-order valence-corrected chi connectivity index (χ2v) is 14.2. The monoisotopic (exact) mass is 773 g/mol. The van der Waals surface area contributed by atoms with E-state index in [0.717, 1.165) is 71.9 Å². The van der Waals surface area contributed by atoms with Crippen LogP contribution < -0.4 is 20.3 Å². The van der Waals surface area contributed by atoms with Gasteiger partial charge in [0, 0.05) is 77.5 Å². The van der Waals surface area contributed by atoms with Gasteiger partial charge in [-0.1, -0.05) is 36.4 Å². The number of benzene rings is 3. The molecule has 2 saturated heterocycles. The number of hydrogen-bond donors (Lipinski definition) is 3. The van der Waals surface area contributed by atoms with E-state index in [4.69, 9.17) is 40.7 Å². The van der Waals surface area contributed by atoms with Gasteiger partial charge in [-0.25, -0.2) is 14.6 Å². The molecule has 0 unspecified atom stereocenters. The summed E-state index contributed by atoms with van der Waals surface area (Å²) >= 11 is 0. The van der Waals surface area contributed by atoms with Crippen molar-refractivity contribution in [3.8, 4) is 5.75 Å². The van der Waals surface area contributed by atoms with Crippen molar-refractivity contribution < 1.29 is 23.8 Å². The SMILES string of the molecule is [C-]#[N+]c1ccc(C[C@H](Nc2nc(Nc3cccc(CN4CCN(C(=O)[C@@H]5CCCO5)CC4)c3)nc(N(C)CCc3nc4ccc(OC)cc4[nH]3)n2)C(=O)OC)cc1. The fraction of sp³-hybridized carbons (Fsp3) is 0.390. The maximum absolute atomic E-state index is 13.0. The summed E-state index contributed by atoms with van der Waals surface area (Å²) in [5.74, 6) is 2.03. The van der Waals surface area contributed by atoms with Gasteiger partial charge in [0.15, 0.2) is 5.69 Å². The Kier molecular flexibility index (Phi) is 12.4. The number of rotatable bonds is 15. The Bertz CT molecular complexity index is 2210. The van der Waals surface area contributed by atoms with E-state index in [2.05, 4.69) is 37.5 Å². The number of carbonyl (C=O) groups is 2. The standard InChI is InChI=1S/C41H47N11O5/c1-42-29-12-10-27(11-13-29)24-34(38(54)56-4)46-40-47-39(48-41(49-40)50(2)17-16-36-44-32-15-14-31(55-3)25-33(32)45-36)43-30-8-5-7-28(23-30)26-51-18-20-52(21-19-51)37(53)35-9-6-22-57-35/h5,7-8,10-15,23,25,34-35H,6,9,16-22,24,26H2,2-4H3,(H,44,45)(H2,43,46,47,48,49)/t34-,35-/m0/s1. The number of esters is 1. The van der Waals surface area contributed by atoms with Crippen LogP contribution in [0.5, 0.6) is 5.75 Å². The molecule has 2 atom stereocenters. The molecule has 7 rings (SSSR count). The number of carbonyl (C=O) groups excluding carboxylic acids is 2. The summed E-state index contributed by atoms with van der Waals surface area (Å²) in [6, 6.07) is 20.0. The van der Waals surface area contributed by atoms with Crippen LogP contribution in [0.25, 0.3) is 15.9 Å². The number of aromatic amines is 1. The van der Waals surface area contributed by atoms with Gasteiger partial charge in [-0.2, -0.15) is 15.0 Å². The molecule has 1 amide bonds. The zero-order valence-electron chi connectivity index (χ0n) is 32.4. The van der Waals surface area contributed by atoms with Gasteiger partial charge in [0.2, 0.25) is 17.8 Å². The molecular weight excluding hydrogens is 727 g/mol. The first-order chi connectivity index (χ1) is 27.8. The van der Waals surface area contributed by atoms with E-state index in [0.29, 0.717) is 44.3 Å². The lowest BCUT2D eigenvalue weighted by Crippen LogP contribution is -2.51. The van der Waals surface area contributed by atoms with Crippen LogP contribution in [0.2, 0.25) is 0 Å². The lowest BCUT2D eigenvalue weighted by atomic mass is 10.1. The second kappa shape index (κ2) is 18.1. The zero-order valence-corrected chi connectivity index (χ0v) is 32.4. The van der Waals surface area contributed by atoms with E-state index in [9.17, 15) is 9.59 Å². The zero-order chi connectivity index (χ0) is 39.7. The maximum atomic E-state index is 13.0. The largest absolute Gasteiger partial charge is 0.497 e. The van der Waals surface area contributed by atoms with E-state index >= 15 is 0 Å². The first-order valence-electron chi connectivity index (χ1n) is 19.1. The fourth-order valence-corrected chi connectivity index (χ4v) is 6.99. The van der Waals surface area contributed by atoms with Gasteiger partial charge in [0.25, 0.3) is 5.91 Å². The molecule has 3 N–H and O–H groups in total. The quantitative estimate of drug-likeness (QED) is 0.0987. The molecule has 5 aromatic rings. The number of hydrogen-bond acceptors (Lipinski definition) is 13. The molecule has 0 bridgehead atoms. The Labute approximate surface area is 331 Å². The average Bonchev–Trinajstić information content (AvgIpc) is 3.93. The van der Waals surface area contributed by atoms with E-state index < -0.39 is 12.0 Å². The summed E-state index contributed by atoms with van der Waals surface area (Å²) in [6.07, 6.45) is 2.31. The highest BCUT2D eigenvalue weighted by Gasteiger charge is 2.30. The topological polar surface area (TPSA) is 167 Å².